The molecule has 1 amide bonds. The molecule has 1 fully saturated rings. The van der Waals surface area contributed by atoms with E-state index in [1.165, 1.54) is 16.9 Å². The Morgan fingerprint density at radius 1 is 1.19 bits per heavy atom. The van der Waals surface area contributed by atoms with E-state index in [-0.39, 0.29) is 5.91 Å². The molecule has 0 aromatic carbocycles. The lowest BCUT2D eigenvalue weighted by Crippen LogP contribution is -2.48. The second-order valence-corrected chi connectivity index (χ2v) is 8.29. The van der Waals surface area contributed by atoms with E-state index >= 15 is 0 Å². The summed E-state index contributed by atoms with van der Waals surface area (Å²) in [5, 5.41) is 2.98. The van der Waals surface area contributed by atoms with Crippen LogP contribution in [0.1, 0.15) is 20.9 Å². The topological polar surface area (TPSA) is 49.3 Å². The van der Waals surface area contributed by atoms with E-state index in [2.05, 4.69) is 27.0 Å². The van der Waals surface area contributed by atoms with Crippen molar-refractivity contribution in [1.82, 2.24) is 19.8 Å². The highest BCUT2D eigenvalue weighted by Gasteiger charge is 2.25. The fourth-order valence-electron chi connectivity index (χ4n) is 3.10. The number of aryl methyl sites for hydroxylation is 1. The lowest BCUT2D eigenvalue weighted by atomic mass is 10.2. The quantitative estimate of drug-likeness (QED) is 0.690. The number of aromatic nitrogens is 2. The summed E-state index contributed by atoms with van der Waals surface area (Å²) in [5.74, 6) is 0.115. The second kappa shape index (κ2) is 7.65. The number of piperazine rings is 1. The Balaban J connectivity index is 1.39. The molecule has 1 saturated heterocycles. The number of thiazole rings is 1. The number of thiophene rings is 1. The van der Waals surface area contributed by atoms with Gasteiger partial charge in [-0.1, -0.05) is 12.1 Å². The van der Waals surface area contributed by atoms with Crippen LogP contribution < -0.4 is 0 Å². The van der Waals surface area contributed by atoms with Gasteiger partial charge in [0.25, 0.3) is 5.91 Å². The molecule has 4 heterocycles. The summed E-state index contributed by atoms with van der Waals surface area (Å²) in [7, 11) is 0. The molecule has 7 heteroatoms. The molecule has 0 atom stereocenters. The number of amides is 1. The standard InChI is InChI=1S/C19H20N4OS2/c1-14-17(26-18(21-14)16-5-3-11-25-16)19(24)23-9-7-22(8-10-23)13-15-4-2-6-20-12-15/h2-6,11-12H,7-10,13H2,1H3. The Kier molecular flexibility index (Phi) is 5.10. The molecule has 1 aliphatic heterocycles. The zero-order chi connectivity index (χ0) is 17.9. The summed E-state index contributed by atoms with van der Waals surface area (Å²) in [6, 6.07) is 8.12. The zero-order valence-electron chi connectivity index (χ0n) is 14.6. The Morgan fingerprint density at radius 2 is 2.04 bits per heavy atom. The normalized spacial score (nSPS) is 15.3. The third kappa shape index (κ3) is 3.70. The molecule has 5 nitrogen and oxygen atoms in total. The van der Waals surface area contributed by atoms with Gasteiger partial charge in [-0.15, -0.1) is 22.7 Å². The van der Waals surface area contributed by atoms with Crippen LogP contribution in [-0.4, -0.2) is 51.9 Å². The molecular formula is C19H20N4OS2. The van der Waals surface area contributed by atoms with E-state index in [1.807, 2.05) is 35.5 Å². The Labute approximate surface area is 160 Å². The second-order valence-electron chi connectivity index (χ2n) is 6.34. The van der Waals surface area contributed by atoms with Crippen LogP contribution in [0.3, 0.4) is 0 Å². The van der Waals surface area contributed by atoms with Crippen molar-refractivity contribution in [1.29, 1.82) is 0 Å². The molecule has 3 aromatic rings. The van der Waals surface area contributed by atoms with E-state index < -0.39 is 0 Å². The molecule has 26 heavy (non-hydrogen) atoms. The van der Waals surface area contributed by atoms with Gasteiger partial charge in [0.15, 0.2) is 0 Å². The van der Waals surface area contributed by atoms with Crippen LogP contribution >= 0.6 is 22.7 Å². The molecule has 0 bridgehead atoms. The number of pyridine rings is 1. The molecule has 0 unspecified atom stereocenters. The molecule has 1 aliphatic rings. The monoisotopic (exact) mass is 384 g/mol. The van der Waals surface area contributed by atoms with Gasteiger partial charge in [-0.3, -0.25) is 14.7 Å². The minimum absolute atomic E-state index is 0.115. The number of carbonyl (C=O) groups is 1. The summed E-state index contributed by atoms with van der Waals surface area (Å²) in [5.41, 5.74) is 2.05. The Bertz CT molecular complexity index is 868. The molecule has 134 valence electrons. The van der Waals surface area contributed by atoms with E-state index in [4.69, 9.17) is 0 Å². The molecular weight excluding hydrogens is 364 g/mol. The van der Waals surface area contributed by atoms with Crippen LogP contribution in [0.5, 0.6) is 0 Å². The molecule has 0 radical (unpaired) electrons. The number of nitrogens with zero attached hydrogens (tertiary/aromatic N) is 4. The average Bonchev–Trinajstić information content (AvgIpc) is 3.32. The zero-order valence-corrected chi connectivity index (χ0v) is 16.2. The van der Waals surface area contributed by atoms with Crippen molar-refractivity contribution in [2.45, 2.75) is 13.5 Å². The van der Waals surface area contributed by atoms with Crippen molar-refractivity contribution in [3.05, 3.63) is 58.2 Å². The van der Waals surface area contributed by atoms with Crippen molar-refractivity contribution in [2.24, 2.45) is 0 Å². The first-order valence-corrected chi connectivity index (χ1v) is 10.3. The summed E-state index contributed by atoms with van der Waals surface area (Å²) in [4.78, 5) is 27.9. The first kappa shape index (κ1) is 17.3. The maximum atomic E-state index is 12.9. The summed E-state index contributed by atoms with van der Waals surface area (Å²) in [6.07, 6.45) is 3.70. The van der Waals surface area contributed by atoms with E-state index in [0.717, 1.165) is 53.2 Å². The highest BCUT2D eigenvalue weighted by atomic mass is 32.1. The first-order valence-electron chi connectivity index (χ1n) is 8.62. The third-order valence-corrected chi connectivity index (χ3v) is 6.70. The minimum Gasteiger partial charge on any atom is -0.335 e. The van der Waals surface area contributed by atoms with Gasteiger partial charge in [0.1, 0.15) is 9.88 Å². The van der Waals surface area contributed by atoms with Gasteiger partial charge >= 0.3 is 0 Å². The summed E-state index contributed by atoms with van der Waals surface area (Å²) in [6.45, 7) is 6.10. The fourth-order valence-corrected chi connectivity index (χ4v) is 4.93. The van der Waals surface area contributed by atoms with Crippen LogP contribution in [0.15, 0.2) is 42.0 Å². The number of hydrogen-bond acceptors (Lipinski definition) is 6. The highest BCUT2D eigenvalue weighted by molar-refractivity contribution is 7.22. The lowest BCUT2D eigenvalue weighted by Gasteiger charge is -2.34. The minimum atomic E-state index is 0.115. The van der Waals surface area contributed by atoms with Crippen LogP contribution in [0.4, 0.5) is 0 Å². The van der Waals surface area contributed by atoms with Gasteiger partial charge in [0.05, 0.1) is 10.6 Å². The van der Waals surface area contributed by atoms with Gasteiger partial charge in [-0.05, 0) is 30.0 Å². The smallest absolute Gasteiger partial charge is 0.265 e. The maximum absolute atomic E-state index is 12.9. The summed E-state index contributed by atoms with van der Waals surface area (Å²) < 4.78 is 0. The average molecular weight is 385 g/mol. The molecule has 3 aromatic heterocycles. The Morgan fingerprint density at radius 3 is 2.73 bits per heavy atom. The molecule has 4 rings (SSSR count). The largest absolute Gasteiger partial charge is 0.335 e. The SMILES string of the molecule is Cc1nc(-c2cccs2)sc1C(=O)N1CCN(Cc2cccnc2)CC1. The lowest BCUT2D eigenvalue weighted by molar-refractivity contribution is 0.0632. The highest BCUT2D eigenvalue weighted by Crippen LogP contribution is 2.31. The first-order chi connectivity index (χ1) is 12.7. The van der Waals surface area contributed by atoms with Crippen molar-refractivity contribution in [2.75, 3.05) is 26.2 Å². The van der Waals surface area contributed by atoms with Crippen LogP contribution in [-0.2, 0) is 6.54 Å². The Hall–Kier alpha value is -2.09. The van der Waals surface area contributed by atoms with Crippen LogP contribution in [0.25, 0.3) is 9.88 Å². The van der Waals surface area contributed by atoms with Crippen molar-refractivity contribution in [3.63, 3.8) is 0 Å². The third-order valence-electron chi connectivity index (χ3n) is 4.51. The van der Waals surface area contributed by atoms with Gasteiger partial charge in [0.2, 0.25) is 0 Å². The predicted molar refractivity (Wildman–Crippen MR) is 106 cm³/mol. The van der Waals surface area contributed by atoms with Crippen molar-refractivity contribution in [3.8, 4) is 9.88 Å². The molecule has 0 spiro atoms. The van der Waals surface area contributed by atoms with Gasteiger partial charge in [-0.25, -0.2) is 4.98 Å². The van der Waals surface area contributed by atoms with Gasteiger partial charge < -0.3 is 4.90 Å². The van der Waals surface area contributed by atoms with E-state index in [0.29, 0.717) is 0 Å². The predicted octanol–water partition coefficient (Wildman–Crippen LogP) is 3.53. The molecule has 0 saturated carbocycles. The summed E-state index contributed by atoms with van der Waals surface area (Å²) >= 11 is 3.17. The van der Waals surface area contributed by atoms with E-state index in [1.54, 1.807) is 17.5 Å². The van der Waals surface area contributed by atoms with E-state index in [9.17, 15) is 4.79 Å². The number of rotatable bonds is 4. The molecule has 0 aliphatic carbocycles. The van der Waals surface area contributed by atoms with Crippen molar-refractivity contribution >= 4 is 28.6 Å². The van der Waals surface area contributed by atoms with Crippen LogP contribution in [0, 0.1) is 6.92 Å². The fraction of sp³-hybridized carbons (Fsp3) is 0.316. The van der Waals surface area contributed by atoms with Gasteiger partial charge in [-0.2, -0.15) is 0 Å². The molecule has 0 N–H and O–H groups in total. The van der Waals surface area contributed by atoms with Crippen LogP contribution in [0.2, 0.25) is 0 Å². The number of hydrogen-bond donors (Lipinski definition) is 0. The van der Waals surface area contributed by atoms with Gasteiger partial charge in [0, 0.05) is 45.1 Å². The maximum Gasteiger partial charge on any atom is 0.265 e. The number of carbonyl (C=O) groups excluding carboxylic acids is 1. The van der Waals surface area contributed by atoms with Crippen molar-refractivity contribution < 1.29 is 4.79 Å².